The van der Waals surface area contributed by atoms with Crippen molar-refractivity contribution in [1.29, 1.82) is 0 Å². The minimum absolute atomic E-state index is 0.0602. The van der Waals surface area contributed by atoms with E-state index in [0.717, 1.165) is 0 Å². The Bertz CT molecular complexity index is 322. The number of hydrogen-bond donors (Lipinski definition) is 2. The fraction of sp³-hybridized carbons (Fsp3) is 0.300. The molecule has 1 aromatic rings. The number of esters is 1. The lowest BCUT2D eigenvalue weighted by Crippen LogP contribution is -2.24. The first-order chi connectivity index (χ1) is 6.65. The highest BCUT2D eigenvalue weighted by molar-refractivity contribution is 5.77. The molecule has 0 saturated carbocycles. The topological polar surface area (TPSA) is 66.8 Å². The van der Waals surface area contributed by atoms with Gasteiger partial charge in [-0.2, -0.15) is 0 Å². The molecule has 1 unspecified atom stereocenters. The molecule has 4 heteroatoms. The van der Waals surface area contributed by atoms with Crippen LogP contribution in [0.15, 0.2) is 24.3 Å². The number of benzene rings is 1. The molecule has 1 rings (SSSR count). The Morgan fingerprint density at radius 1 is 1.50 bits per heavy atom. The van der Waals surface area contributed by atoms with Gasteiger partial charge in [0.15, 0.2) is 17.6 Å². The van der Waals surface area contributed by atoms with Crippen LogP contribution in [-0.2, 0) is 4.79 Å². The maximum Gasteiger partial charge on any atom is 0.340 e. The molecule has 14 heavy (non-hydrogen) atoms. The van der Waals surface area contributed by atoms with Crippen LogP contribution in [0.1, 0.15) is 13.3 Å². The molecule has 0 aliphatic carbocycles. The number of carbonyl (C=O) groups excluding carboxylic acids is 1. The van der Waals surface area contributed by atoms with Gasteiger partial charge >= 0.3 is 5.97 Å². The maximum absolute atomic E-state index is 11.1. The highest BCUT2D eigenvalue weighted by Crippen LogP contribution is 2.24. The lowest BCUT2D eigenvalue weighted by atomic mass is 10.3. The number of ether oxygens (including phenoxy) is 1. The van der Waals surface area contributed by atoms with Gasteiger partial charge in [-0.15, -0.1) is 0 Å². The molecule has 0 bridgehead atoms. The van der Waals surface area contributed by atoms with E-state index in [1.54, 1.807) is 19.1 Å². The number of rotatable bonds is 3. The molecule has 0 aliphatic heterocycles. The molecule has 1 atom stereocenters. The zero-order valence-electron chi connectivity index (χ0n) is 7.80. The van der Waals surface area contributed by atoms with Crippen LogP contribution >= 0.6 is 0 Å². The van der Waals surface area contributed by atoms with E-state index >= 15 is 0 Å². The Labute approximate surface area is 81.8 Å². The Balaban J connectivity index is 2.70. The highest BCUT2D eigenvalue weighted by Gasteiger charge is 2.16. The van der Waals surface area contributed by atoms with Gasteiger partial charge in [0.25, 0.3) is 0 Å². The largest absolute Gasteiger partial charge is 0.504 e. The van der Waals surface area contributed by atoms with Crippen molar-refractivity contribution in [2.24, 2.45) is 0 Å². The summed E-state index contributed by atoms with van der Waals surface area (Å²) < 4.78 is 4.76. The molecule has 0 spiro atoms. The van der Waals surface area contributed by atoms with E-state index in [-0.39, 0.29) is 17.9 Å². The van der Waals surface area contributed by atoms with Crippen LogP contribution in [0.5, 0.6) is 11.5 Å². The van der Waals surface area contributed by atoms with Crippen LogP contribution < -0.4 is 4.74 Å². The smallest absolute Gasteiger partial charge is 0.340 e. The van der Waals surface area contributed by atoms with Crippen molar-refractivity contribution >= 4 is 5.97 Å². The minimum atomic E-state index is -1.14. The molecule has 0 radical (unpaired) electrons. The number of carbonyl (C=O) groups is 1. The molecule has 76 valence electrons. The molecule has 0 saturated heterocycles. The summed E-state index contributed by atoms with van der Waals surface area (Å²) in [4.78, 5) is 11.1. The highest BCUT2D eigenvalue weighted by atomic mass is 16.6. The predicted molar refractivity (Wildman–Crippen MR) is 50.0 cm³/mol. The van der Waals surface area contributed by atoms with Crippen LogP contribution in [-0.4, -0.2) is 22.3 Å². The van der Waals surface area contributed by atoms with E-state index in [1.807, 2.05) is 0 Å². The van der Waals surface area contributed by atoms with Crippen molar-refractivity contribution in [3.05, 3.63) is 24.3 Å². The van der Waals surface area contributed by atoms with Crippen LogP contribution in [0.2, 0.25) is 0 Å². The molecule has 0 aromatic heterocycles. The van der Waals surface area contributed by atoms with Gasteiger partial charge in [0.1, 0.15) is 0 Å². The lowest BCUT2D eigenvalue weighted by Gasteiger charge is -2.08. The van der Waals surface area contributed by atoms with E-state index in [0.29, 0.717) is 0 Å². The minimum Gasteiger partial charge on any atom is -0.504 e. The van der Waals surface area contributed by atoms with Crippen LogP contribution in [0, 0.1) is 0 Å². The maximum atomic E-state index is 11.1. The SMILES string of the molecule is CCC(O)C(=O)Oc1ccccc1O. The van der Waals surface area contributed by atoms with E-state index in [1.165, 1.54) is 12.1 Å². The molecule has 0 amide bonds. The third-order valence-corrected chi connectivity index (χ3v) is 1.73. The van der Waals surface area contributed by atoms with Gasteiger partial charge in [-0.25, -0.2) is 4.79 Å². The number of phenolic OH excluding ortho intramolecular Hbond substituents is 1. The average Bonchev–Trinajstić information content (AvgIpc) is 2.20. The molecular formula is C10H12O4. The zero-order valence-corrected chi connectivity index (χ0v) is 7.80. The molecular weight excluding hydrogens is 184 g/mol. The molecule has 4 nitrogen and oxygen atoms in total. The summed E-state index contributed by atoms with van der Waals surface area (Å²) in [6, 6.07) is 6.10. The Hall–Kier alpha value is -1.55. The quantitative estimate of drug-likeness (QED) is 0.560. The van der Waals surface area contributed by atoms with E-state index in [9.17, 15) is 9.90 Å². The van der Waals surface area contributed by atoms with E-state index in [4.69, 9.17) is 9.84 Å². The fourth-order valence-electron chi connectivity index (χ4n) is 0.887. The summed E-state index contributed by atoms with van der Waals surface area (Å²) >= 11 is 0. The number of hydrogen-bond acceptors (Lipinski definition) is 4. The van der Waals surface area contributed by atoms with Gasteiger partial charge in [-0.1, -0.05) is 19.1 Å². The Morgan fingerprint density at radius 2 is 2.14 bits per heavy atom. The fourth-order valence-corrected chi connectivity index (χ4v) is 0.887. The van der Waals surface area contributed by atoms with Gasteiger partial charge in [-0.3, -0.25) is 0 Å². The summed E-state index contributed by atoms with van der Waals surface area (Å²) in [6.07, 6.45) is -0.860. The van der Waals surface area contributed by atoms with Crippen molar-refractivity contribution < 1.29 is 19.7 Å². The van der Waals surface area contributed by atoms with Crippen molar-refractivity contribution in [2.75, 3.05) is 0 Å². The van der Waals surface area contributed by atoms with Crippen LogP contribution in [0.25, 0.3) is 0 Å². The van der Waals surface area contributed by atoms with Crippen molar-refractivity contribution in [3.8, 4) is 11.5 Å². The summed E-state index contributed by atoms with van der Waals surface area (Å²) in [6.45, 7) is 1.66. The Morgan fingerprint density at radius 3 is 2.71 bits per heavy atom. The Kier molecular flexibility index (Phi) is 3.48. The van der Waals surface area contributed by atoms with Crippen molar-refractivity contribution in [3.63, 3.8) is 0 Å². The standard InChI is InChI=1S/C10H12O4/c1-2-7(11)10(13)14-9-6-4-3-5-8(9)12/h3-7,11-12H,2H2,1H3. The average molecular weight is 196 g/mol. The van der Waals surface area contributed by atoms with Gasteiger partial charge in [0.05, 0.1) is 0 Å². The zero-order chi connectivity index (χ0) is 10.6. The summed E-state index contributed by atoms with van der Waals surface area (Å²) in [5, 5.41) is 18.4. The third-order valence-electron chi connectivity index (χ3n) is 1.73. The monoisotopic (exact) mass is 196 g/mol. The number of phenols is 1. The number of para-hydroxylation sites is 2. The lowest BCUT2D eigenvalue weighted by molar-refractivity contribution is -0.143. The van der Waals surface area contributed by atoms with Crippen LogP contribution in [0.3, 0.4) is 0 Å². The normalized spacial score (nSPS) is 12.1. The van der Waals surface area contributed by atoms with Gasteiger partial charge in [-0.05, 0) is 18.6 Å². The number of aliphatic hydroxyl groups excluding tert-OH is 1. The van der Waals surface area contributed by atoms with E-state index < -0.39 is 12.1 Å². The second-order valence-corrected chi connectivity index (χ2v) is 2.81. The van der Waals surface area contributed by atoms with Crippen molar-refractivity contribution in [1.82, 2.24) is 0 Å². The molecule has 0 aliphatic rings. The first-order valence-corrected chi connectivity index (χ1v) is 4.33. The van der Waals surface area contributed by atoms with E-state index in [2.05, 4.69) is 0 Å². The van der Waals surface area contributed by atoms with Crippen molar-refractivity contribution in [2.45, 2.75) is 19.4 Å². The molecule has 2 N–H and O–H groups in total. The first-order valence-electron chi connectivity index (χ1n) is 4.33. The summed E-state index contributed by atoms with van der Waals surface area (Å²) in [7, 11) is 0. The second-order valence-electron chi connectivity index (χ2n) is 2.81. The van der Waals surface area contributed by atoms with Gasteiger partial charge < -0.3 is 14.9 Å². The molecule has 0 heterocycles. The summed E-state index contributed by atoms with van der Waals surface area (Å²) in [5.74, 6) is -0.817. The number of aromatic hydroxyl groups is 1. The summed E-state index contributed by atoms with van der Waals surface area (Å²) in [5.41, 5.74) is 0. The van der Waals surface area contributed by atoms with Gasteiger partial charge in [0.2, 0.25) is 0 Å². The molecule has 0 fully saturated rings. The van der Waals surface area contributed by atoms with Gasteiger partial charge in [0, 0.05) is 0 Å². The third kappa shape index (κ3) is 2.47. The first kappa shape index (κ1) is 10.5. The second kappa shape index (κ2) is 4.62. The van der Waals surface area contributed by atoms with Crippen LogP contribution in [0.4, 0.5) is 0 Å². The molecule has 1 aromatic carbocycles. The predicted octanol–water partition coefficient (Wildman–Crippen LogP) is 1.07. The number of aliphatic hydroxyl groups is 1.